The number of carboxylic acids is 1. The van der Waals surface area contributed by atoms with Gasteiger partial charge in [-0.3, -0.25) is 19.8 Å². The van der Waals surface area contributed by atoms with Gasteiger partial charge in [-0.15, -0.1) is 0 Å². The molecule has 8 nitrogen and oxygen atoms in total. The number of hydrazine groups is 1. The first-order valence-electron chi connectivity index (χ1n) is 8.20. The van der Waals surface area contributed by atoms with Crippen LogP contribution in [0.25, 0.3) is 0 Å². The van der Waals surface area contributed by atoms with E-state index in [1.54, 1.807) is 0 Å². The van der Waals surface area contributed by atoms with Gasteiger partial charge in [0.05, 0.1) is 6.54 Å². The molecule has 2 unspecified atom stereocenters. The van der Waals surface area contributed by atoms with Gasteiger partial charge in [-0.05, 0) is 25.1 Å². The molecule has 0 spiro atoms. The molecule has 28 heavy (non-hydrogen) atoms. The van der Waals surface area contributed by atoms with Crippen molar-refractivity contribution in [2.45, 2.75) is 38.3 Å². The molecule has 1 fully saturated rings. The first kappa shape index (κ1) is 21.5. The molecular weight excluding hydrogens is 400 g/mol. The fraction of sp³-hybridized carbons (Fsp3) is 0.412. The number of nitrogens with zero attached hydrogens (tertiary/aromatic N) is 2. The van der Waals surface area contributed by atoms with Gasteiger partial charge in [0.25, 0.3) is 11.8 Å². The summed E-state index contributed by atoms with van der Waals surface area (Å²) in [6.07, 6.45) is -1.02. The van der Waals surface area contributed by atoms with Crippen LogP contribution in [0, 0.1) is 0 Å². The first-order valence-corrected chi connectivity index (χ1v) is 8.58. The van der Waals surface area contributed by atoms with E-state index in [4.69, 9.17) is 16.7 Å². The lowest BCUT2D eigenvalue weighted by Gasteiger charge is -2.32. The highest BCUT2D eigenvalue weighted by atomic mass is 35.5. The van der Waals surface area contributed by atoms with Gasteiger partial charge in [0.15, 0.2) is 0 Å². The molecule has 0 bridgehead atoms. The highest BCUT2D eigenvalue weighted by Gasteiger charge is 2.51. The summed E-state index contributed by atoms with van der Waals surface area (Å²) in [6, 6.07) is 2.52. The molecule has 2 atom stereocenters. The molecule has 0 saturated carbocycles. The Morgan fingerprint density at radius 2 is 2.00 bits per heavy atom. The SMILES string of the molecule is CC(=O)NN(C(=O)c1cccc(Cl)c1)C(C)C(=O)N1CC(F)(F)CC1C(=O)O. The van der Waals surface area contributed by atoms with Crippen LogP contribution in [0.15, 0.2) is 24.3 Å². The molecule has 1 aromatic carbocycles. The molecule has 1 aliphatic heterocycles. The third-order valence-electron chi connectivity index (χ3n) is 4.15. The second-order valence-corrected chi connectivity index (χ2v) is 6.85. The number of rotatable bonds is 4. The highest BCUT2D eigenvalue weighted by molar-refractivity contribution is 6.31. The average molecular weight is 418 g/mol. The molecule has 3 amide bonds. The molecule has 0 radical (unpaired) electrons. The Bertz CT molecular complexity index is 820. The minimum atomic E-state index is -3.37. The summed E-state index contributed by atoms with van der Waals surface area (Å²) >= 11 is 5.85. The average Bonchev–Trinajstić information content (AvgIpc) is 2.93. The number of hydrogen-bond donors (Lipinski definition) is 2. The largest absolute Gasteiger partial charge is 0.480 e. The Morgan fingerprint density at radius 3 is 2.54 bits per heavy atom. The van der Waals surface area contributed by atoms with Crippen molar-refractivity contribution in [3.63, 3.8) is 0 Å². The van der Waals surface area contributed by atoms with Gasteiger partial charge >= 0.3 is 5.97 Å². The van der Waals surface area contributed by atoms with Crippen LogP contribution < -0.4 is 5.43 Å². The molecule has 1 saturated heterocycles. The van der Waals surface area contributed by atoms with Gasteiger partial charge < -0.3 is 10.0 Å². The third-order valence-corrected chi connectivity index (χ3v) is 4.39. The zero-order valence-electron chi connectivity index (χ0n) is 15.0. The van der Waals surface area contributed by atoms with Crippen LogP contribution in [0.1, 0.15) is 30.6 Å². The van der Waals surface area contributed by atoms with E-state index in [2.05, 4.69) is 5.43 Å². The van der Waals surface area contributed by atoms with Crippen molar-refractivity contribution < 1.29 is 33.1 Å². The lowest BCUT2D eigenvalue weighted by atomic mass is 10.1. The van der Waals surface area contributed by atoms with Crippen LogP contribution in [0.4, 0.5) is 8.78 Å². The van der Waals surface area contributed by atoms with E-state index in [1.807, 2.05) is 0 Å². The number of carbonyl (C=O) groups excluding carboxylic acids is 3. The van der Waals surface area contributed by atoms with Crippen molar-refractivity contribution in [1.82, 2.24) is 15.3 Å². The van der Waals surface area contributed by atoms with Gasteiger partial charge in [-0.1, -0.05) is 17.7 Å². The zero-order valence-corrected chi connectivity index (χ0v) is 15.7. The second-order valence-electron chi connectivity index (χ2n) is 6.41. The molecular formula is C17H18ClF2N3O5. The summed E-state index contributed by atoms with van der Waals surface area (Å²) in [5.41, 5.74) is 2.23. The third kappa shape index (κ3) is 4.75. The maximum Gasteiger partial charge on any atom is 0.326 e. The standard InChI is InChI=1S/C17H18ClF2N3O5/c1-9(14(25)22-8-17(19,20)7-13(22)16(27)28)23(21-10(2)24)15(26)11-4-3-5-12(18)6-11/h3-6,9,13H,7-8H2,1-2H3,(H,21,24)(H,27,28). The summed E-state index contributed by atoms with van der Waals surface area (Å²) in [5, 5.41) is 10.1. The number of carboxylic acid groups (broad SMARTS) is 1. The van der Waals surface area contributed by atoms with Gasteiger partial charge in [-0.25, -0.2) is 18.6 Å². The normalized spacial score (nSPS) is 19.0. The lowest BCUT2D eigenvalue weighted by molar-refractivity contribution is -0.150. The Kier molecular flexibility index (Phi) is 6.23. The quantitative estimate of drug-likeness (QED) is 0.723. The molecule has 11 heteroatoms. The number of nitrogens with one attached hydrogen (secondary N) is 1. The Balaban J connectivity index is 2.32. The molecule has 0 aromatic heterocycles. The van der Waals surface area contributed by atoms with Crippen LogP contribution in [0.2, 0.25) is 5.02 Å². The van der Waals surface area contributed by atoms with E-state index >= 15 is 0 Å². The Morgan fingerprint density at radius 1 is 1.36 bits per heavy atom. The van der Waals surface area contributed by atoms with E-state index in [0.717, 1.165) is 6.92 Å². The fourth-order valence-electron chi connectivity index (χ4n) is 2.87. The first-order chi connectivity index (χ1) is 12.9. The summed E-state index contributed by atoms with van der Waals surface area (Å²) < 4.78 is 27.4. The number of likely N-dealkylation sites (tertiary alicyclic amines) is 1. The summed E-state index contributed by atoms with van der Waals surface area (Å²) in [6.45, 7) is 1.21. The number of hydrogen-bond acceptors (Lipinski definition) is 4. The van der Waals surface area contributed by atoms with Crippen LogP contribution in [0.3, 0.4) is 0 Å². The molecule has 0 aliphatic carbocycles. The maximum atomic E-state index is 13.7. The highest BCUT2D eigenvalue weighted by Crippen LogP contribution is 2.33. The number of halogens is 3. The van der Waals surface area contributed by atoms with Crippen LogP contribution in [-0.4, -0.2) is 63.3 Å². The predicted octanol–water partition coefficient (Wildman–Crippen LogP) is 1.54. The second kappa shape index (κ2) is 8.09. The van der Waals surface area contributed by atoms with Gasteiger partial charge in [0.2, 0.25) is 11.8 Å². The number of carbonyl (C=O) groups is 4. The molecule has 1 aliphatic rings. The van der Waals surface area contributed by atoms with Crippen molar-refractivity contribution in [2.75, 3.05) is 6.54 Å². The Hall–Kier alpha value is -2.75. The number of aliphatic carboxylic acids is 1. The van der Waals surface area contributed by atoms with Crippen LogP contribution in [0.5, 0.6) is 0 Å². The fourth-order valence-corrected chi connectivity index (χ4v) is 3.06. The van der Waals surface area contributed by atoms with E-state index in [0.29, 0.717) is 9.91 Å². The number of benzene rings is 1. The van der Waals surface area contributed by atoms with Crippen LogP contribution >= 0.6 is 11.6 Å². The minimum Gasteiger partial charge on any atom is -0.480 e. The summed E-state index contributed by atoms with van der Waals surface area (Å²) in [5.74, 6) is -7.47. The van der Waals surface area contributed by atoms with Crippen molar-refractivity contribution in [3.05, 3.63) is 34.9 Å². The van der Waals surface area contributed by atoms with Crippen molar-refractivity contribution in [1.29, 1.82) is 0 Å². The minimum absolute atomic E-state index is 0.0439. The molecule has 2 rings (SSSR count). The van der Waals surface area contributed by atoms with Gasteiger partial charge in [0, 0.05) is 23.9 Å². The van der Waals surface area contributed by atoms with E-state index in [1.165, 1.54) is 31.2 Å². The van der Waals surface area contributed by atoms with Crippen molar-refractivity contribution >= 4 is 35.3 Å². The van der Waals surface area contributed by atoms with Gasteiger partial charge in [0.1, 0.15) is 12.1 Å². The topological polar surface area (TPSA) is 107 Å². The monoisotopic (exact) mass is 417 g/mol. The van der Waals surface area contributed by atoms with Crippen molar-refractivity contribution in [3.8, 4) is 0 Å². The smallest absolute Gasteiger partial charge is 0.326 e. The van der Waals surface area contributed by atoms with E-state index in [9.17, 15) is 28.0 Å². The van der Waals surface area contributed by atoms with Gasteiger partial charge in [-0.2, -0.15) is 0 Å². The van der Waals surface area contributed by atoms with Crippen molar-refractivity contribution in [2.24, 2.45) is 0 Å². The zero-order chi connectivity index (χ0) is 21.2. The maximum absolute atomic E-state index is 13.7. The lowest BCUT2D eigenvalue weighted by Crippen LogP contribution is -2.57. The van der Waals surface area contributed by atoms with E-state index < -0.39 is 54.7 Å². The molecule has 2 N–H and O–H groups in total. The van der Waals surface area contributed by atoms with Crippen LogP contribution in [-0.2, 0) is 14.4 Å². The summed E-state index contributed by atoms with van der Waals surface area (Å²) in [7, 11) is 0. The Labute approximate surface area is 164 Å². The van der Waals surface area contributed by atoms with E-state index in [-0.39, 0.29) is 10.6 Å². The predicted molar refractivity (Wildman–Crippen MR) is 93.6 cm³/mol. The number of alkyl halides is 2. The molecule has 1 heterocycles. The summed E-state index contributed by atoms with van der Waals surface area (Å²) in [4.78, 5) is 48.8. The number of amides is 3. The molecule has 1 aromatic rings. The molecule has 152 valence electrons.